The Morgan fingerprint density at radius 2 is 2.00 bits per heavy atom. The van der Waals surface area contributed by atoms with E-state index in [2.05, 4.69) is 66.9 Å². The van der Waals surface area contributed by atoms with Gasteiger partial charge in [0.2, 0.25) is 0 Å². The lowest BCUT2D eigenvalue weighted by Gasteiger charge is -2.18. The van der Waals surface area contributed by atoms with Crippen LogP contribution in [0.3, 0.4) is 0 Å². The van der Waals surface area contributed by atoms with Gasteiger partial charge in [0.05, 0.1) is 12.6 Å². The number of ether oxygens (including phenoxy) is 1. The predicted octanol–water partition coefficient (Wildman–Crippen LogP) is 4.10. The van der Waals surface area contributed by atoms with Gasteiger partial charge >= 0.3 is 0 Å². The van der Waals surface area contributed by atoms with Crippen LogP contribution in [0.2, 0.25) is 0 Å². The SMILES string of the molecule is CCNC(=NCCc1ccc2c(c1)CCO2)NC(C)c1ccccc1.I. The molecule has 140 valence electrons. The first-order valence-corrected chi connectivity index (χ1v) is 9.10. The van der Waals surface area contributed by atoms with Crippen LogP contribution in [0.25, 0.3) is 0 Å². The molecule has 0 saturated heterocycles. The first kappa shape index (κ1) is 20.6. The van der Waals surface area contributed by atoms with E-state index in [4.69, 9.17) is 9.73 Å². The molecule has 0 aromatic heterocycles. The number of hydrogen-bond acceptors (Lipinski definition) is 2. The molecule has 2 aromatic rings. The Labute approximate surface area is 173 Å². The van der Waals surface area contributed by atoms with Gasteiger partial charge in [0.1, 0.15) is 5.75 Å². The number of benzene rings is 2. The summed E-state index contributed by atoms with van der Waals surface area (Å²) in [7, 11) is 0. The van der Waals surface area contributed by atoms with Crippen LogP contribution in [0.15, 0.2) is 53.5 Å². The predicted molar refractivity (Wildman–Crippen MR) is 119 cm³/mol. The lowest BCUT2D eigenvalue weighted by atomic mass is 10.1. The number of halogens is 1. The smallest absolute Gasteiger partial charge is 0.191 e. The van der Waals surface area contributed by atoms with Crippen LogP contribution in [0.5, 0.6) is 5.75 Å². The average molecular weight is 465 g/mol. The van der Waals surface area contributed by atoms with Gasteiger partial charge in [0, 0.05) is 19.5 Å². The summed E-state index contributed by atoms with van der Waals surface area (Å²) in [6.07, 6.45) is 1.95. The molecule has 2 aromatic carbocycles. The van der Waals surface area contributed by atoms with Crippen molar-refractivity contribution in [1.29, 1.82) is 0 Å². The third-order valence-corrected chi connectivity index (χ3v) is 4.42. The van der Waals surface area contributed by atoms with Gasteiger partial charge in [-0.1, -0.05) is 42.5 Å². The minimum Gasteiger partial charge on any atom is -0.493 e. The summed E-state index contributed by atoms with van der Waals surface area (Å²) in [4.78, 5) is 4.73. The fourth-order valence-corrected chi connectivity index (χ4v) is 3.04. The molecule has 1 aliphatic heterocycles. The Morgan fingerprint density at radius 3 is 2.77 bits per heavy atom. The standard InChI is InChI=1S/C21H27N3O.HI/c1-3-22-21(24-16(2)18-7-5-4-6-8-18)23-13-11-17-9-10-20-19(15-17)12-14-25-20;/h4-10,15-16H,3,11-14H2,1-2H3,(H2,22,23,24);1H. The summed E-state index contributed by atoms with van der Waals surface area (Å²) in [5.41, 5.74) is 3.90. The van der Waals surface area contributed by atoms with Crippen LogP contribution in [-0.2, 0) is 12.8 Å². The summed E-state index contributed by atoms with van der Waals surface area (Å²) < 4.78 is 5.57. The number of rotatable bonds is 6. The highest BCUT2D eigenvalue weighted by molar-refractivity contribution is 14.0. The monoisotopic (exact) mass is 465 g/mol. The Hall–Kier alpha value is -1.76. The van der Waals surface area contributed by atoms with Crippen molar-refractivity contribution in [3.05, 3.63) is 65.2 Å². The molecule has 3 rings (SSSR count). The van der Waals surface area contributed by atoms with Gasteiger partial charge in [-0.25, -0.2) is 0 Å². The third kappa shape index (κ3) is 5.62. The Kier molecular flexibility index (Phi) is 8.22. The Balaban J connectivity index is 0.00000243. The molecule has 0 amide bonds. The van der Waals surface area contributed by atoms with E-state index >= 15 is 0 Å². The molecule has 0 aliphatic carbocycles. The zero-order valence-corrected chi connectivity index (χ0v) is 17.8. The summed E-state index contributed by atoms with van der Waals surface area (Å²) in [5, 5.41) is 6.81. The van der Waals surface area contributed by atoms with E-state index in [-0.39, 0.29) is 30.0 Å². The molecule has 1 heterocycles. The maximum absolute atomic E-state index is 5.57. The topological polar surface area (TPSA) is 45.7 Å². The zero-order valence-electron chi connectivity index (χ0n) is 15.5. The van der Waals surface area contributed by atoms with Crippen molar-refractivity contribution in [2.75, 3.05) is 19.7 Å². The van der Waals surface area contributed by atoms with Crippen LogP contribution in [0.1, 0.15) is 36.6 Å². The highest BCUT2D eigenvalue weighted by Crippen LogP contribution is 2.25. The molecule has 0 fully saturated rings. The van der Waals surface area contributed by atoms with E-state index in [9.17, 15) is 0 Å². The zero-order chi connectivity index (χ0) is 17.5. The van der Waals surface area contributed by atoms with Crippen molar-refractivity contribution < 1.29 is 4.74 Å². The maximum atomic E-state index is 5.57. The molecule has 4 nitrogen and oxygen atoms in total. The molecule has 0 radical (unpaired) electrons. The molecule has 26 heavy (non-hydrogen) atoms. The Morgan fingerprint density at radius 1 is 1.19 bits per heavy atom. The van der Waals surface area contributed by atoms with Crippen molar-refractivity contribution in [1.82, 2.24) is 10.6 Å². The number of fused-ring (bicyclic) bond motifs is 1. The first-order valence-electron chi connectivity index (χ1n) is 9.10. The van der Waals surface area contributed by atoms with Crippen LogP contribution in [0.4, 0.5) is 0 Å². The quantitative estimate of drug-likeness (QED) is 0.384. The first-order chi connectivity index (χ1) is 12.3. The number of guanidine groups is 1. The van der Waals surface area contributed by atoms with Crippen LogP contribution < -0.4 is 15.4 Å². The molecule has 0 spiro atoms. The maximum Gasteiger partial charge on any atom is 0.191 e. The molecule has 1 aliphatic rings. The second kappa shape index (κ2) is 10.4. The van der Waals surface area contributed by atoms with Gasteiger partial charge in [0.15, 0.2) is 5.96 Å². The van der Waals surface area contributed by atoms with Gasteiger partial charge in [-0.05, 0) is 43.0 Å². The van der Waals surface area contributed by atoms with Crippen molar-refractivity contribution in [3.63, 3.8) is 0 Å². The van der Waals surface area contributed by atoms with E-state index in [1.54, 1.807) is 0 Å². The van der Waals surface area contributed by atoms with Gasteiger partial charge in [-0.2, -0.15) is 0 Å². The molecule has 2 N–H and O–H groups in total. The van der Waals surface area contributed by atoms with Crippen molar-refractivity contribution in [3.8, 4) is 5.75 Å². The Bertz CT molecular complexity index is 718. The van der Waals surface area contributed by atoms with E-state index in [0.29, 0.717) is 0 Å². The van der Waals surface area contributed by atoms with Gasteiger partial charge < -0.3 is 15.4 Å². The minimum absolute atomic E-state index is 0. The van der Waals surface area contributed by atoms with Gasteiger partial charge in [-0.3, -0.25) is 4.99 Å². The van der Waals surface area contributed by atoms with Crippen LogP contribution >= 0.6 is 24.0 Å². The number of nitrogens with one attached hydrogen (secondary N) is 2. The lowest BCUT2D eigenvalue weighted by molar-refractivity contribution is 0.357. The fourth-order valence-electron chi connectivity index (χ4n) is 3.04. The fraction of sp³-hybridized carbons (Fsp3) is 0.381. The van der Waals surface area contributed by atoms with E-state index in [1.807, 2.05) is 6.07 Å². The molecule has 1 atom stereocenters. The third-order valence-electron chi connectivity index (χ3n) is 4.42. The van der Waals surface area contributed by atoms with Gasteiger partial charge in [0.25, 0.3) is 0 Å². The summed E-state index contributed by atoms with van der Waals surface area (Å²) in [6.45, 7) is 6.66. The molecule has 1 unspecified atom stereocenters. The summed E-state index contributed by atoms with van der Waals surface area (Å²) >= 11 is 0. The number of aliphatic imine (C=N–C) groups is 1. The number of nitrogens with zero attached hydrogens (tertiary/aromatic N) is 1. The molecule has 0 bridgehead atoms. The average Bonchev–Trinajstić information content (AvgIpc) is 3.10. The second-order valence-electron chi connectivity index (χ2n) is 6.33. The molecule has 0 saturated carbocycles. The van der Waals surface area contributed by atoms with Crippen molar-refractivity contribution >= 4 is 29.9 Å². The van der Waals surface area contributed by atoms with E-state index in [1.165, 1.54) is 16.7 Å². The summed E-state index contributed by atoms with van der Waals surface area (Å²) in [6, 6.07) is 17.1. The van der Waals surface area contributed by atoms with E-state index < -0.39 is 0 Å². The molecule has 5 heteroatoms. The van der Waals surface area contributed by atoms with Crippen LogP contribution in [-0.4, -0.2) is 25.7 Å². The highest BCUT2D eigenvalue weighted by atomic mass is 127. The molecular formula is C21H28IN3O. The minimum atomic E-state index is 0. The van der Waals surface area contributed by atoms with E-state index in [0.717, 1.165) is 44.2 Å². The van der Waals surface area contributed by atoms with Gasteiger partial charge in [-0.15, -0.1) is 24.0 Å². The second-order valence-corrected chi connectivity index (χ2v) is 6.33. The summed E-state index contributed by atoms with van der Waals surface area (Å²) in [5.74, 6) is 1.90. The van der Waals surface area contributed by atoms with Crippen molar-refractivity contribution in [2.45, 2.75) is 32.7 Å². The molecular weight excluding hydrogens is 437 g/mol. The van der Waals surface area contributed by atoms with Crippen LogP contribution in [0, 0.1) is 0 Å². The lowest BCUT2D eigenvalue weighted by Crippen LogP contribution is -2.38. The highest BCUT2D eigenvalue weighted by Gasteiger charge is 2.12. The normalized spacial score (nSPS) is 14.0. The van der Waals surface area contributed by atoms with Crippen molar-refractivity contribution in [2.24, 2.45) is 4.99 Å². The number of hydrogen-bond donors (Lipinski definition) is 2. The largest absolute Gasteiger partial charge is 0.493 e.